The van der Waals surface area contributed by atoms with Crippen molar-refractivity contribution in [3.63, 3.8) is 0 Å². The molecular formula is C20H15F3N2O4. The van der Waals surface area contributed by atoms with Gasteiger partial charge in [-0.2, -0.15) is 13.2 Å². The van der Waals surface area contributed by atoms with E-state index in [1.807, 2.05) is 0 Å². The van der Waals surface area contributed by atoms with Crippen molar-refractivity contribution in [2.45, 2.75) is 12.3 Å². The number of H-pyrrole nitrogens is 1. The van der Waals surface area contributed by atoms with Crippen molar-refractivity contribution in [2.24, 2.45) is 0 Å². The number of benzene rings is 2. The molecule has 0 aliphatic carbocycles. The van der Waals surface area contributed by atoms with Crippen LogP contribution in [0.15, 0.2) is 53.3 Å². The third kappa shape index (κ3) is 3.44. The van der Waals surface area contributed by atoms with E-state index in [-0.39, 0.29) is 29.8 Å². The second kappa shape index (κ2) is 6.93. The quantitative estimate of drug-likeness (QED) is 0.700. The van der Waals surface area contributed by atoms with E-state index in [1.165, 1.54) is 35.2 Å². The first-order valence-electron chi connectivity index (χ1n) is 8.70. The maximum absolute atomic E-state index is 13.3. The van der Waals surface area contributed by atoms with Crippen LogP contribution in [0.25, 0.3) is 22.0 Å². The lowest BCUT2D eigenvalue weighted by molar-refractivity contribution is -0.137. The number of anilines is 1. The Morgan fingerprint density at radius 3 is 2.59 bits per heavy atom. The topological polar surface area (TPSA) is 82.6 Å². The molecule has 0 spiro atoms. The van der Waals surface area contributed by atoms with E-state index in [4.69, 9.17) is 9.84 Å². The monoisotopic (exact) mass is 404 g/mol. The number of aliphatic hydroxyl groups excluding tert-OH is 1. The van der Waals surface area contributed by atoms with E-state index in [9.17, 15) is 22.8 Å². The van der Waals surface area contributed by atoms with Gasteiger partial charge in [0.05, 0.1) is 18.7 Å². The molecule has 0 saturated carbocycles. The number of fused-ring (bicyclic) bond motifs is 1. The first-order chi connectivity index (χ1) is 13.8. The molecule has 2 aromatic carbocycles. The summed E-state index contributed by atoms with van der Waals surface area (Å²) in [5, 5.41) is 9.79. The first-order valence-corrected chi connectivity index (χ1v) is 8.70. The number of nitrogens with one attached hydrogen (secondary N) is 1. The van der Waals surface area contributed by atoms with Gasteiger partial charge in [0.2, 0.25) is 0 Å². The Kier molecular flexibility index (Phi) is 4.54. The number of alkyl halides is 3. The van der Waals surface area contributed by atoms with E-state index in [2.05, 4.69) is 4.98 Å². The molecule has 6 nitrogen and oxygen atoms in total. The van der Waals surface area contributed by atoms with Crippen LogP contribution in [0.2, 0.25) is 0 Å². The lowest BCUT2D eigenvalue weighted by Gasteiger charge is -2.15. The number of aromatic amines is 1. The number of carbonyl (C=O) groups excluding carboxylic acids is 1. The normalized spacial score (nSPS) is 17.0. The Morgan fingerprint density at radius 2 is 1.90 bits per heavy atom. The zero-order valence-electron chi connectivity index (χ0n) is 14.9. The number of cyclic esters (lactones) is 1. The number of aromatic nitrogens is 1. The highest BCUT2D eigenvalue weighted by molar-refractivity contribution is 5.94. The fourth-order valence-electron chi connectivity index (χ4n) is 3.35. The Bertz CT molecular complexity index is 1160. The highest BCUT2D eigenvalue weighted by Gasteiger charge is 2.34. The van der Waals surface area contributed by atoms with Gasteiger partial charge in [-0.15, -0.1) is 0 Å². The highest BCUT2D eigenvalue weighted by atomic mass is 19.4. The number of ether oxygens (including phenoxy) is 1. The van der Waals surface area contributed by atoms with Gasteiger partial charge in [0.15, 0.2) is 0 Å². The van der Waals surface area contributed by atoms with E-state index >= 15 is 0 Å². The summed E-state index contributed by atoms with van der Waals surface area (Å²) in [6.07, 6.45) is -5.86. The number of pyridine rings is 1. The molecule has 9 heteroatoms. The van der Waals surface area contributed by atoms with Crippen LogP contribution >= 0.6 is 0 Å². The third-order valence-electron chi connectivity index (χ3n) is 4.74. The van der Waals surface area contributed by atoms with Crippen LogP contribution in [0.1, 0.15) is 5.56 Å². The Hall–Kier alpha value is -3.33. The number of aliphatic hydroxyl groups is 1. The van der Waals surface area contributed by atoms with Gasteiger partial charge in [0.25, 0.3) is 5.56 Å². The summed E-state index contributed by atoms with van der Waals surface area (Å²) in [5.41, 5.74) is -1.11. The summed E-state index contributed by atoms with van der Waals surface area (Å²) in [7, 11) is 0. The van der Waals surface area contributed by atoms with E-state index in [0.29, 0.717) is 11.1 Å². The Balaban J connectivity index is 1.79. The number of rotatable bonds is 3. The molecule has 150 valence electrons. The summed E-state index contributed by atoms with van der Waals surface area (Å²) >= 11 is 0. The number of hydrogen-bond donors (Lipinski definition) is 2. The second-order valence-electron chi connectivity index (χ2n) is 6.63. The van der Waals surface area contributed by atoms with Crippen LogP contribution in [-0.2, 0) is 10.9 Å². The van der Waals surface area contributed by atoms with Crippen molar-refractivity contribution in [2.75, 3.05) is 18.1 Å². The summed E-state index contributed by atoms with van der Waals surface area (Å²) in [5.74, 6) is 0. The third-order valence-corrected chi connectivity index (χ3v) is 4.74. The predicted octanol–water partition coefficient (Wildman–Crippen LogP) is 3.53. The molecular weight excluding hydrogens is 389 g/mol. The molecule has 29 heavy (non-hydrogen) atoms. The molecule has 2 heterocycles. The minimum absolute atomic E-state index is 0.0455. The summed E-state index contributed by atoms with van der Waals surface area (Å²) in [6, 6.07) is 11.1. The molecule has 0 radical (unpaired) electrons. The zero-order chi connectivity index (χ0) is 20.8. The van der Waals surface area contributed by atoms with Gasteiger partial charge >= 0.3 is 12.3 Å². The van der Waals surface area contributed by atoms with Gasteiger partial charge in [-0.3, -0.25) is 9.69 Å². The highest BCUT2D eigenvalue weighted by Crippen LogP contribution is 2.36. The number of carbonyl (C=O) groups is 1. The molecule has 1 aromatic heterocycles. The van der Waals surface area contributed by atoms with Crippen LogP contribution in [0.4, 0.5) is 23.7 Å². The predicted molar refractivity (Wildman–Crippen MR) is 99.7 cm³/mol. The molecule has 1 aliphatic heterocycles. The minimum atomic E-state index is -4.56. The number of amides is 1. The smallest absolute Gasteiger partial charge is 0.417 e. The maximum Gasteiger partial charge on any atom is 0.417 e. The molecule has 1 atom stereocenters. The molecule has 4 rings (SSSR count). The second-order valence-corrected chi connectivity index (χ2v) is 6.63. The zero-order valence-corrected chi connectivity index (χ0v) is 14.9. The fraction of sp³-hybridized carbons (Fsp3) is 0.200. The molecule has 0 bridgehead atoms. The first kappa shape index (κ1) is 19.0. The number of halogens is 3. The van der Waals surface area contributed by atoms with Crippen LogP contribution in [0.5, 0.6) is 0 Å². The van der Waals surface area contributed by atoms with Gasteiger partial charge in [-0.25, -0.2) is 4.79 Å². The number of nitrogens with zero attached hydrogens (tertiary/aromatic N) is 1. The molecule has 1 aliphatic rings. The average molecular weight is 404 g/mol. The van der Waals surface area contributed by atoms with Crippen molar-refractivity contribution < 1.29 is 27.8 Å². The van der Waals surface area contributed by atoms with E-state index < -0.39 is 29.5 Å². The molecule has 1 saturated heterocycles. The number of hydrogen-bond acceptors (Lipinski definition) is 4. The summed E-state index contributed by atoms with van der Waals surface area (Å²) < 4.78 is 44.9. The summed E-state index contributed by atoms with van der Waals surface area (Å²) in [6.45, 7) is -0.186. The van der Waals surface area contributed by atoms with Crippen LogP contribution in [0, 0.1) is 0 Å². The van der Waals surface area contributed by atoms with Crippen molar-refractivity contribution in [1.29, 1.82) is 0 Å². The Labute approximate surface area is 162 Å². The van der Waals surface area contributed by atoms with Gasteiger partial charge in [0.1, 0.15) is 6.10 Å². The molecule has 1 amide bonds. The molecule has 1 fully saturated rings. The average Bonchev–Trinajstić information content (AvgIpc) is 3.08. The summed E-state index contributed by atoms with van der Waals surface area (Å²) in [4.78, 5) is 28.3. The standard InChI is InChI=1S/C20H15F3N2O4/c21-20(22,23)16-4-2-1-3-14(16)17-7-11-5-6-12(8-15(11)18(27)24-17)25-9-13(10-26)29-19(25)28/h1-8,13,26H,9-10H2,(H,24,27). The van der Waals surface area contributed by atoms with E-state index in [0.717, 1.165) is 6.07 Å². The minimum Gasteiger partial charge on any atom is -0.441 e. The molecule has 3 aromatic rings. The van der Waals surface area contributed by atoms with Crippen molar-refractivity contribution in [1.82, 2.24) is 4.98 Å². The van der Waals surface area contributed by atoms with Crippen molar-refractivity contribution in [3.8, 4) is 11.3 Å². The largest absolute Gasteiger partial charge is 0.441 e. The lowest BCUT2D eigenvalue weighted by atomic mass is 10.0. The van der Waals surface area contributed by atoms with Crippen molar-refractivity contribution >= 4 is 22.6 Å². The van der Waals surface area contributed by atoms with Gasteiger partial charge in [-0.05, 0) is 29.7 Å². The SMILES string of the molecule is O=C1OC(CO)CN1c1ccc2cc(-c3ccccc3C(F)(F)F)[nH]c(=O)c2c1. The van der Waals surface area contributed by atoms with Gasteiger partial charge in [-0.1, -0.05) is 24.3 Å². The molecule has 1 unspecified atom stereocenters. The maximum atomic E-state index is 13.3. The van der Waals surface area contributed by atoms with Crippen LogP contribution < -0.4 is 10.5 Å². The van der Waals surface area contributed by atoms with Gasteiger partial charge < -0.3 is 14.8 Å². The van der Waals surface area contributed by atoms with Crippen LogP contribution in [0.3, 0.4) is 0 Å². The lowest BCUT2D eigenvalue weighted by Crippen LogP contribution is -2.25. The Morgan fingerprint density at radius 1 is 1.14 bits per heavy atom. The van der Waals surface area contributed by atoms with Crippen molar-refractivity contribution in [3.05, 3.63) is 64.4 Å². The van der Waals surface area contributed by atoms with Gasteiger partial charge in [0, 0.05) is 22.3 Å². The molecule has 2 N–H and O–H groups in total. The fourth-order valence-corrected chi connectivity index (χ4v) is 3.35. The van der Waals surface area contributed by atoms with Crippen LogP contribution in [-0.4, -0.2) is 35.4 Å². The van der Waals surface area contributed by atoms with E-state index in [1.54, 1.807) is 12.1 Å².